The number of para-hydroxylation sites is 1. The first-order valence-electron chi connectivity index (χ1n) is 15.0. The van der Waals surface area contributed by atoms with Gasteiger partial charge >= 0.3 is 0 Å². The zero-order valence-corrected chi connectivity index (χ0v) is 23.4. The van der Waals surface area contributed by atoms with Crippen molar-refractivity contribution in [3.05, 3.63) is 152 Å². The Morgan fingerprint density at radius 3 is 1.51 bits per heavy atom. The lowest BCUT2D eigenvalue weighted by molar-refractivity contribution is 1.19. The first-order valence-corrected chi connectivity index (χ1v) is 15.0. The predicted molar refractivity (Wildman–Crippen MR) is 186 cm³/mol. The second-order valence-corrected chi connectivity index (χ2v) is 11.7. The van der Waals surface area contributed by atoms with E-state index in [1.165, 1.54) is 92.1 Å². The molecule has 0 atom stereocenters. The van der Waals surface area contributed by atoms with E-state index in [4.69, 9.17) is 0 Å². The van der Waals surface area contributed by atoms with Gasteiger partial charge in [-0.3, -0.25) is 0 Å². The first kappa shape index (κ1) is 23.0. The van der Waals surface area contributed by atoms with Crippen molar-refractivity contribution in [1.29, 1.82) is 0 Å². The monoisotopic (exact) mass is 543 g/mol. The summed E-state index contributed by atoms with van der Waals surface area (Å²) in [6.45, 7) is 0. The molecule has 1 nitrogen and oxygen atoms in total. The standard InChI is InChI=1S/C42H25N/c1-2-12-29-26(11-1)21-22-27-23-24-28(25-37(27)29)43-38-20-10-9-19-36(38)41-40-33-16-6-4-14-31(33)30-13-3-5-15-32(30)39(40)34-17-7-8-18-35(34)42(41)43/h1-25H. The van der Waals surface area contributed by atoms with Crippen LogP contribution in [0.1, 0.15) is 0 Å². The van der Waals surface area contributed by atoms with Crippen LogP contribution < -0.4 is 0 Å². The van der Waals surface area contributed by atoms with E-state index in [2.05, 4.69) is 156 Å². The third-order valence-corrected chi connectivity index (χ3v) is 9.50. The molecule has 0 bridgehead atoms. The minimum Gasteiger partial charge on any atom is -0.309 e. The Balaban J connectivity index is 1.50. The predicted octanol–water partition coefficient (Wildman–Crippen LogP) is 11.7. The van der Waals surface area contributed by atoms with Crippen LogP contribution in [0.5, 0.6) is 0 Å². The summed E-state index contributed by atoms with van der Waals surface area (Å²) >= 11 is 0. The van der Waals surface area contributed by atoms with Gasteiger partial charge in [-0.1, -0.05) is 133 Å². The maximum Gasteiger partial charge on any atom is 0.0626 e. The number of fused-ring (bicyclic) bond motifs is 16. The molecular weight excluding hydrogens is 518 g/mol. The molecule has 43 heavy (non-hydrogen) atoms. The molecule has 0 fully saturated rings. The topological polar surface area (TPSA) is 4.93 Å². The van der Waals surface area contributed by atoms with Gasteiger partial charge in [-0.15, -0.1) is 0 Å². The summed E-state index contributed by atoms with van der Waals surface area (Å²) in [6.07, 6.45) is 0. The Morgan fingerprint density at radius 2 is 0.791 bits per heavy atom. The summed E-state index contributed by atoms with van der Waals surface area (Å²) in [5.41, 5.74) is 3.68. The molecule has 0 unspecified atom stereocenters. The third-order valence-electron chi connectivity index (χ3n) is 9.50. The minimum absolute atomic E-state index is 1.18. The lowest BCUT2D eigenvalue weighted by atomic mass is 9.88. The van der Waals surface area contributed by atoms with Gasteiger partial charge in [-0.05, 0) is 72.1 Å². The number of aromatic nitrogens is 1. The molecule has 1 heterocycles. The van der Waals surface area contributed by atoms with Gasteiger partial charge in [0.05, 0.1) is 11.0 Å². The second-order valence-electron chi connectivity index (χ2n) is 11.7. The molecule has 0 aliphatic heterocycles. The van der Waals surface area contributed by atoms with Gasteiger partial charge < -0.3 is 4.57 Å². The van der Waals surface area contributed by atoms with E-state index in [0.29, 0.717) is 0 Å². The van der Waals surface area contributed by atoms with Crippen LogP contribution in [0, 0.1) is 0 Å². The maximum atomic E-state index is 2.51. The van der Waals surface area contributed by atoms with Crippen LogP contribution in [0.3, 0.4) is 0 Å². The average Bonchev–Trinajstić information content (AvgIpc) is 3.43. The Hall–Kier alpha value is -5.66. The van der Waals surface area contributed by atoms with Crippen LogP contribution in [0.25, 0.3) is 92.1 Å². The van der Waals surface area contributed by atoms with Gasteiger partial charge in [-0.2, -0.15) is 0 Å². The summed E-state index contributed by atoms with van der Waals surface area (Å²) in [5, 5.41) is 18.2. The van der Waals surface area contributed by atoms with Gasteiger partial charge in [-0.25, -0.2) is 0 Å². The summed E-state index contributed by atoms with van der Waals surface area (Å²) in [6, 6.07) is 56.0. The number of nitrogens with zero attached hydrogens (tertiary/aromatic N) is 1. The van der Waals surface area contributed by atoms with Gasteiger partial charge in [0.15, 0.2) is 0 Å². The molecule has 198 valence electrons. The fourth-order valence-corrected chi connectivity index (χ4v) is 7.73. The van der Waals surface area contributed by atoms with Crippen molar-refractivity contribution in [3.8, 4) is 5.69 Å². The third kappa shape index (κ3) is 3.01. The molecule has 1 aromatic heterocycles. The zero-order chi connectivity index (χ0) is 28.1. The minimum atomic E-state index is 1.18. The molecule has 0 saturated carbocycles. The van der Waals surface area contributed by atoms with Crippen LogP contribution in [0.2, 0.25) is 0 Å². The summed E-state index contributed by atoms with van der Waals surface area (Å²) in [7, 11) is 0. The average molecular weight is 544 g/mol. The summed E-state index contributed by atoms with van der Waals surface area (Å²) in [5.74, 6) is 0. The van der Waals surface area contributed by atoms with Gasteiger partial charge in [0.25, 0.3) is 0 Å². The molecule has 0 spiro atoms. The summed E-state index contributed by atoms with van der Waals surface area (Å²) in [4.78, 5) is 0. The highest BCUT2D eigenvalue weighted by atomic mass is 15.0. The van der Waals surface area contributed by atoms with E-state index in [1.807, 2.05) is 0 Å². The molecule has 10 aromatic rings. The molecule has 0 N–H and O–H groups in total. The van der Waals surface area contributed by atoms with Gasteiger partial charge in [0.1, 0.15) is 0 Å². The Morgan fingerprint density at radius 1 is 0.302 bits per heavy atom. The van der Waals surface area contributed by atoms with E-state index < -0.39 is 0 Å². The van der Waals surface area contributed by atoms with Crippen LogP contribution >= 0.6 is 0 Å². The lowest BCUT2D eigenvalue weighted by Crippen LogP contribution is -1.95. The number of benzene rings is 9. The maximum absolute atomic E-state index is 2.51. The number of hydrogen-bond acceptors (Lipinski definition) is 0. The molecule has 0 saturated heterocycles. The number of hydrogen-bond donors (Lipinski definition) is 0. The van der Waals surface area contributed by atoms with E-state index in [9.17, 15) is 0 Å². The highest BCUT2D eigenvalue weighted by molar-refractivity contribution is 6.42. The molecule has 0 aliphatic carbocycles. The normalized spacial score (nSPS) is 12.2. The molecule has 0 amide bonds. The van der Waals surface area contributed by atoms with E-state index in [0.717, 1.165) is 0 Å². The highest BCUT2D eigenvalue weighted by Gasteiger charge is 2.22. The van der Waals surface area contributed by atoms with Crippen molar-refractivity contribution >= 4 is 86.4 Å². The smallest absolute Gasteiger partial charge is 0.0626 e. The second kappa shape index (κ2) is 8.44. The Labute approximate surface area is 247 Å². The van der Waals surface area contributed by atoms with Gasteiger partial charge in [0.2, 0.25) is 0 Å². The SMILES string of the molecule is c1ccc2c(c1)ccc1ccc(-n3c4ccccc4c4c5c6ccccc6c6ccccc6c5c5ccccc5c43)cc12. The van der Waals surface area contributed by atoms with Crippen molar-refractivity contribution in [2.75, 3.05) is 0 Å². The molecule has 0 aliphatic rings. The van der Waals surface area contributed by atoms with Crippen LogP contribution in [-0.4, -0.2) is 4.57 Å². The van der Waals surface area contributed by atoms with Gasteiger partial charge in [0, 0.05) is 27.2 Å². The molecule has 10 rings (SSSR count). The fourth-order valence-electron chi connectivity index (χ4n) is 7.73. The Kier molecular flexibility index (Phi) is 4.51. The van der Waals surface area contributed by atoms with Crippen LogP contribution in [0.15, 0.2) is 152 Å². The Bertz CT molecular complexity index is 2780. The largest absolute Gasteiger partial charge is 0.309 e. The van der Waals surface area contributed by atoms with Crippen LogP contribution in [0.4, 0.5) is 0 Å². The van der Waals surface area contributed by atoms with E-state index >= 15 is 0 Å². The fraction of sp³-hybridized carbons (Fsp3) is 0. The highest BCUT2D eigenvalue weighted by Crippen LogP contribution is 2.47. The molecular formula is C42H25N. The first-order chi connectivity index (χ1) is 21.4. The molecule has 0 radical (unpaired) electrons. The molecule has 9 aromatic carbocycles. The van der Waals surface area contributed by atoms with Crippen molar-refractivity contribution in [2.24, 2.45) is 0 Å². The van der Waals surface area contributed by atoms with E-state index in [1.54, 1.807) is 0 Å². The van der Waals surface area contributed by atoms with Crippen LogP contribution in [-0.2, 0) is 0 Å². The van der Waals surface area contributed by atoms with Crippen molar-refractivity contribution in [3.63, 3.8) is 0 Å². The zero-order valence-electron chi connectivity index (χ0n) is 23.4. The lowest BCUT2D eigenvalue weighted by Gasteiger charge is -2.16. The summed E-state index contributed by atoms with van der Waals surface area (Å²) < 4.78 is 2.51. The van der Waals surface area contributed by atoms with Crippen molar-refractivity contribution in [1.82, 2.24) is 4.57 Å². The number of rotatable bonds is 1. The van der Waals surface area contributed by atoms with Crippen molar-refractivity contribution in [2.45, 2.75) is 0 Å². The van der Waals surface area contributed by atoms with E-state index in [-0.39, 0.29) is 0 Å². The quantitative estimate of drug-likeness (QED) is 0.181. The van der Waals surface area contributed by atoms with Crippen molar-refractivity contribution < 1.29 is 0 Å². The molecule has 1 heteroatoms.